The van der Waals surface area contributed by atoms with Crippen molar-refractivity contribution in [3.63, 3.8) is 0 Å². The number of ketones is 1. The van der Waals surface area contributed by atoms with Crippen LogP contribution in [0.25, 0.3) is 0 Å². The maximum absolute atomic E-state index is 11.1. The van der Waals surface area contributed by atoms with Crippen LogP contribution in [-0.4, -0.2) is 27.5 Å². The number of rotatable bonds is 5. The minimum atomic E-state index is -0.115. The molecule has 0 saturated carbocycles. The first-order chi connectivity index (χ1) is 6.24. The van der Waals surface area contributed by atoms with E-state index in [-0.39, 0.29) is 18.3 Å². The fourth-order valence-corrected chi connectivity index (χ4v) is 1.25. The second kappa shape index (κ2) is 4.77. The highest BCUT2D eigenvalue weighted by Gasteiger charge is 2.15. The van der Waals surface area contributed by atoms with Crippen LogP contribution in [0.3, 0.4) is 0 Å². The molecular formula is C9H14N2O2. The first-order valence-electron chi connectivity index (χ1n) is 4.33. The van der Waals surface area contributed by atoms with E-state index < -0.39 is 0 Å². The lowest BCUT2D eigenvalue weighted by Gasteiger charge is -2.09. The number of imidazole rings is 1. The first-order valence-corrected chi connectivity index (χ1v) is 4.33. The highest BCUT2D eigenvalue weighted by atomic mass is 16.3. The third-order valence-corrected chi connectivity index (χ3v) is 2.05. The van der Waals surface area contributed by atoms with Gasteiger partial charge < -0.3 is 10.1 Å². The number of aromatic amines is 1. The number of aliphatic hydroxyl groups is 1. The molecule has 1 rings (SSSR count). The van der Waals surface area contributed by atoms with E-state index in [4.69, 9.17) is 5.11 Å². The molecule has 4 nitrogen and oxygen atoms in total. The molecule has 72 valence electrons. The molecule has 0 aliphatic heterocycles. The van der Waals surface area contributed by atoms with Crippen molar-refractivity contribution in [3.8, 4) is 0 Å². The smallest absolute Gasteiger partial charge is 0.133 e. The second-order valence-corrected chi connectivity index (χ2v) is 3.06. The zero-order valence-corrected chi connectivity index (χ0v) is 7.66. The number of H-pyrrole nitrogens is 1. The lowest BCUT2D eigenvalue weighted by Crippen LogP contribution is -2.16. The van der Waals surface area contributed by atoms with Crippen LogP contribution in [-0.2, 0) is 11.2 Å². The summed E-state index contributed by atoms with van der Waals surface area (Å²) in [5, 5.41) is 8.73. The average Bonchev–Trinajstić information content (AvgIpc) is 2.56. The molecule has 0 fully saturated rings. The fraction of sp³-hybridized carbons (Fsp3) is 0.556. The van der Waals surface area contributed by atoms with Gasteiger partial charge in [0.15, 0.2) is 0 Å². The van der Waals surface area contributed by atoms with Crippen LogP contribution in [0.4, 0.5) is 0 Å². The van der Waals surface area contributed by atoms with Gasteiger partial charge in [-0.2, -0.15) is 0 Å². The zero-order chi connectivity index (χ0) is 9.68. The number of nitrogens with zero attached hydrogens (tertiary/aromatic N) is 1. The van der Waals surface area contributed by atoms with Gasteiger partial charge in [0.05, 0.1) is 0 Å². The van der Waals surface area contributed by atoms with Crippen molar-refractivity contribution >= 4 is 5.78 Å². The molecule has 0 saturated heterocycles. The molecule has 0 spiro atoms. The lowest BCUT2D eigenvalue weighted by molar-refractivity contribution is -0.121. The Labute approximate surface area is 77.0 Å². The quantitative estimate of drug-likeness (QED) is 0.698. The second-order valence-electron chi connectivity index (χ2n) is 3.06. The van der Waals surface area contributed by atoms with Gasteiger partial charge in [-0.25, -0.2) is 4.98 Å². The van der Waals surface area contributed by atoms with Crippen LogP contribution in [0.1, 0.15) is 19.2 Å². The van der Waals surface area contributed by atoms with Gasteiger partial charge in [-0.15, -0.1) is 0 Å². The Bertz CT molecular complexity index is 257. The highest BCUT2D eigenvalue weighted by Crippen LogP contribution is 2.09. The number of hydrogen-bond donors (Lipinski definition) is 2. The topological polar surface area (TPSA) is 66.0 Å². The summed E-state index contributed by atoms with van der Waals surface area (Å²) < 4.78 is 0. The van der Waals surface area contributed by atoms with Gasteiger partial charge >= 0.3 is 0 Å². The van der Waals surface area contributed by atoms with Gasteiger partial charge in [-0.05, 0) is 13.3 Å². The molecule has 1 aromatic heterocycles. The van der Waals surface area contributed by atoms with Crippen LogP contribution in [0, 0.1) is 5.92 Å². The van der Waals surface area contributed by atoms with Gasteiger partial charge in [-0.1, -0.05) is 0 Å². The summed E-state index contributed by atoms with van der Waals surface area (Å²) in [4.78, 5) is 18.1. The Balaban J connectivity index is 2.52. The molecule has 1 atom stereocenters. The Kier molecular flexibility index (Phi) is 3.64. The summed E-state index contributed by atoms with van der Waals surface area (Å²) in [6.07, 6.45) is 4.48. The summed E-state index contributed by atoms with van der Waals surface area (Å²) in [6, 6.07) is 0. The Morgan fingerprint density at radius 2 is 2.54 bits per heavy atom. The molecule has 0 radical (unpaired) electrons. The van der Waals surface area contributed by atoms with Crippen LogP contribution in [0.5, 0.6) is 0 Å². The number of carbonyl (C=O) groups is 1. The van der Waals surface area contributed by atoms with Crippen molar-refractivity contribution in [1.29, 1.82) is 0 Å². The molecule has 13 heavy (non-hydrogen) atoms. The largest absolute Gasteiger partial charge is 0.396 e. The number of hydrogen-bond acceptors (Lipinski definition) is 3. The maximum atomic E-state index is 11.1. The van der Waals surface area contributed by atoms with Crippen molar-refractivity contribution in [1.82, 2.24) is 9.97 Å². The number of carbonyl (C=O) groups excluding carboxylic acids is 1. The van der Waals surface area contributed by atoms with Crippen LogP contribution in [0.15, 0.2) is 12.4 Å². The maximum Gasteiger partial charge on any atom is 0.133 e. The third kappa shape index (κ3) is 2.99. The van der Waals surface area contributed by atoms with Crippen molar-refractivity contribution in [3.05, 3.63) is 18.2 Å². The van der Waals surface area contributed by atoms with Crippen LogP contribution < -0.4 is 0 Å². The molecule has 1 aromatic rings. The van der Waals surface area contributed by atoms with E-state index in [2.05, 4.69) is 9.97 Å². The van der Waals surface area contributed by atoms with E-state index >= 15 is 0 Å². The highest BCUT2D eigenvalue weighted by molar-refractivity contribution is 5.78. The summed E-state index contributed by atoms with van der Waals surface area (Å²) in [5.41, 5.74) is 0. The first kappa shape index (κ1) is 9.92. The van der Waals surface area contributed by atoms with Crippen molar-refractivity contribution < 1.29 is 9.90 Å². The van der Waals surface area contributed by atoms with E-state index in [1.165, 1.54) is 0 Å². The molecule has 0 aliphatic rings. The van der Waals surface area contributed by atoms with Crippen LogP contribution in [0.2, 0.25) is 0 Å². The fourth-order valence-electron chi connectivity index (χ4n) is 1.25. The van der Waals surface area contributed by atoms with E-state index in [1.807, 2.05) is 0 Å². The predicted molar refractivity (Wildman–Crippen MR) is 48.2 cm³/mol. The van der Waals surface area contributed by atoms with Crippen molar-refractivity contribution in [2.75, 3.05) is 6.61 Å². The third-order valence-electron chi connectivity index (χ3n) is 2.05. The number of Topliss-reactive ketones (excluding diaryl/α,β-unsaturated/α-hetero) is 1. The van der Waals surface area contributed by atoms with Crippen molar-refractivity contribution in [2.45, 2.75) is 19.8 Å². The van der Waals surface area contributed by atoms with Gasteiger partial charge in [0.25, 0.3) is 0 Å². The Morgan fingerprint density at radius 3 is 3.00 bits per heavy atom. The summed E-state index contributed by atoms with van der Waals surface area (Å²) in [5.74, 6) is 0.787. The molecular weight excluding hydrogens is 168 g/mol. The van der Waals surface area contributed by atoms with E-state index in [0.29, 0.717) is 12.8 Å². The molecule has 1 heterocycles. The van der Waals surface area contributed by atoms with Gasteiger partial charge in [0.1, 0.15) is 11.6 Å². The molecule has 0 amide bonds. The average molecular weight is 182 g/mol. The Hall–Kier alpha value is -1.16. The minimum Gasteiger partial charge on any atom is -0.396 e. The summed E-state index contributed by atoms with van der Waals surface area (Å²) in [6.45, 7) is 1.59. The molecule has 0 aliphatic carbocycles. The number of aliphatic hydroxyl groups excluding tert-OH is 1. The van der Waals surface area contributed by atoms with Gasteiger partial charge in [0.2, 0.25) is 0 Å². The van der Waals surface area contributed by atoms with Gasteiger partial charge in [0, 0.05) is 31.3 Å². The molecule has 0 bridgehead atoms. The molecule has 4 heteroatoms. The van der Waals surface area contributed by atoms with Crippen molar-refractivity contribution in [2.24, 2.45) is 5.92 Å². The molecule has 2 N–H and O–H groups in total. The lowest BCUT2D eigenvalue weighted by atomic mass is 9.97. The Morgan fingerprint density at radius 1 is 1.77 bits per heavy atom. The molecule has 1 unspecified atom stereocenters. The van der Waals surface area contributed by atoms with E-state index in [1.54, 1.807) is 19.3 Å². The molecule has 0 aromatic carbocycles. The number of aromatic nitrogens is 2. The van der Waals surface area contributed by atoms with E-state index in [0.717, 1.165) is 5.82 Å². The monoisotopic (exact) mass is 182 g/mol. The summed E-state index contributed by atoms with van der Waals surface area (Å²) >= 11 is 0. The number of nitrogens with one attached hydrogen (secondary N) is 1. The minimum absolute atomic E-state index is 0.0466. The van der Waals surface area contributed by atoms with Gasteiger partial charge in [-0.3, -0.25) is 4.79 Å². The predicted octanol–water partition coefficient (Wildman–Crippen LogP) is 0.540. The van der Waals surface area contributed by atoms with E-state index in [9.17, 15) is 4.79 Å². The zero-order valence-electron chi connectivity index (χ0n) is 7.66. The SMILES string of the molecule is CC(=O)C(CCO)Cc1ncc[nH]1. The van der Waals surface area contributed by atoms with Crippen LogP contribution >= 0.6 is 0 Å². The normalized spacial score (nSPS) is 12.8. The summed E-state index contributed by atoms with van der Waals surface area (Å²) in [7, 11) is 0. The standard InChI is InChI=1S/C9H14N2O2/c1-7(13)8(2-5-12)6-9-10-3-4-11-9/h3-4,8,12H,2,5-6H2,1H3,(H,10,11).